The highest BCUT2D eigenvalue weighted by molar-refractivity contribution is 5.81. The number of amides is 1. The molecule has 0 aromatic heterocycles. The number of hydrogen-bond acceptors (Lipinski definition) is 4. The van der Waals surface area contributed by atoms with E-state index in [1.54, 1.807) is 0 Å². The lowest BCUT2D eigenvalue weighted by Gasteiger charge is -2.38. The molecule has 3 rings (SSSR count). The zero-order valence-electron chi connectivity index (χ0n) is 12.4. The van der Waals surface area contributed by atoms with Gasteiger partial charge < -0.3 is 19.7 Å². The van der Waals surface area contributed by atoms with Gasteiger partial charge in [-0.3, -0.25) is 4.79 Å². The Kier molecular flexibility index (Phi) is 4.29. The second kappa shape index (κ2) is 6.00. The quantitative estimate of drug-likeness (QED) is 0.836. The SMILES string of the molecule is CC(NC1CCOC2(CCOC2)C1)C(=O)N1CCCC1. The Morgan fingerprint density at radius 1 is 1.35 bits per heavy atom. The van der Waals surface area contributed by atoms with Gasteiger partial charge in [0, 0.05) is 38.8 Å². The molecule has 0 radical (unpaired) electrons. The maximum atomic E-state index is 12.3. The van der Waals surface area contributed by atoms with E-state index in [1.807, 2.05) is 11.8 Å². The van der Waals surface area contributed by atoms with Crippen LogP contribution in [0.4, 0.5) is 0 Å². The van der Waals surface area contributed by atoms with E-state index in [-0.39, 0.29) is 17.6 Å². The average Bonchev–Trinajstić information content (AvgIpc) is 3.10. The molecule has 114 valence electrons. The summed E-state index contributed by atoms with van der Waals surface area (Å²) in [6.45, 7) is 6.13. The first-order valence-corrected chi connectivity index (χ1v) is 7.95. The molecule has 3 aliphatic heterocycles. The van der Waals surface area contributed by atoms with Gasteiger partial charge in [-0.25, -0.2) is 0 Å². The fourth-order valence-electron chi connectivity index (χ4n) is 3.67. The summed E-state index contributed by atoms with van der Waals surface area (Å²) in [6.07, 6.45) is 5.23. The highest BCUT2D eigenvalue weighted by Gasteiger charge is 2.41. The molecule has 1 amide bonds. The number of likely N-dealkylation sites (tertiary alicyclic amines) is 1. The molecule has 0 aliphatic carbocycles. The van der Waals surface area contributed by atoms with Crippen LogP contribution in [0, 0.1) is 0 Å². The van der Waals surface area contributed by atoms with Crippen LogP contribution in [-0.2, 0) is 14.3 Å². The van der Waals surface area contributed by atoms with Crippen molar-refractivity contribution in [2.24, 2.45) is 0 Å². The number of carbonyl (C=O) groups is 1. The minimum absolute atomic E-state index is 0.0874. The molecule has 3 fully saturated rings. The van der Waals surface area contributed by atoms with E-state index >= 15 is 0 Å². The molecule has 3 aliphatic rings. The maximum Gasteiger partial charge on any atom is 0.239 e. The fraction of sp³-hybridized carbons (Fsp3) is 0.933. The van der Waals surface area contributed by atoms with Gasteiger partial charge in [-0.15, -0.1) is 0 Å². The minimum Gasteiger partial charge on any atom is -0.378 e. The van der Waals surface area contributed by atoms with Crippen molar-refractivity contribution in [2.75, 3.05) is 32.9 Å². The van der Waals surface area contributed by atoms with E-state index in [0.29, 0.717) is 12.6 Å². The lowest BCUT2D eigenvalue weighted by molar-refractivity contribution is -0.133. The largest absolute Gasteiger partial charge is 0.378 e. The molecule has 0 bridgehead atoms. The highest BCUT2D eigenvalue weighted by Crippen LogP contribution is 2.33. The molecule has 3 heterocycles. The van der Waals surface area contributed by atoms with Crippen LogP contribution in [0.15, 0.2) is 0 Å². The molecule has 3 saturated heterocycles. The summed E-state index contributed by atoms with van der Waals surface area (Å²) in [6, 6.07) is 0.280. The molecule has 0 aromatic rings. The van der Waals surface area contributed by atoms with E-state index in [2.05, 4.69) is 5.32 Å². The summed E-state index contributed by atoms with van der Waals surface area (Å²) in [5.74, 6) is 0.255. The number of hydrogen-bond donors (Lipinski definition) is 1. The van der Waals surface area contributed by atoms with Gasteiger partial charge in [-0.1, -0.05) is 0 Å². The Bertz CT molecular complexity index is 349. The van der Waals surface area contributed by atoms with Crippen LogP contribution in [0.1, 0.15) is 39.0 Å². The number of carbonyl (C=O) groups excluding carboxylic acids is 1. The van der Waals surface area contributed by atoms with Gasteiger partial charge in [-0.05, 0) is 32.6 Å². The summed E-state index contributed by atoms with van der Waals surface area (Å²) >= 11 is 0. The first-order chi connectivity index (χ1) is 9.69. The van der Waals surface area contributed by atoms with Crippen LogP contribution in [0.25, 0.3) is 0 Å². The molecule has 0 saturated carbocycles. The van der Waals surface area contributed by atoms with Crippen molar-refractivity contribution in [3.8, 4) is 0 Å². The number of nitrogens with zero attached hydrogens (tertiary/aromatic N) is 1. The van der Waals surface area contributed by atoms with Gasteiger partial charge >= 0.3 is 0 Å². The Morgan fingerprint density at radius 3 is 2.85 bits per heavy atom. The smallest absolute Gasteiger partial charge is 0.239 e. The van der Waals surface area contributed by atoms with Gasteiger partial charge in [0.1, 0.15) is 0 Å². The summed E-state index contributed by atoms with van der Waals surface area (Å²) in [5.41, 5.74) is -0.0909. The van der Waals surface area contributed by atoms with E-state index in [9.17, 15) is 4.79 Å². The molecule has 1 N–H and O–H groups in total. The molecule has 20 heavy (non-hydrogen) atoms. The van der Waals surface area contributed by atoms with Crippen LogP contribution in [0.2, 0.25) is 0 Å². The average molecular weight is 282 g/mol. The Balaban J connectivity index is 1.52. The Hall–Kier alpha value is -0.650. The van der Waals surface area contributed by atoms with Crippen LogP contribution >= 0.6 is 0 Å². The Labute approximate surface area is 121 Å². The normalized spacial score (nSPS) is 35.6. The maximum absolute atomic E-state index is 12.3. The van der Waals surface area contributed by atoms with Crippen molar-refractivity contribution >= 4 is 5.91 Å². The molecule has 0 aromatic carbocycles. The zero-order valence-corrected chi connectivity index (χ0v) is 12.4. The van der Waals surface area contributed by atoms with E-state index in [4.69, 9.17) is 9.47 Å². The number of nitrogens with one attached hydrogen (secondary N) is 1. The van der Waals surface area contributed by atoms with E-state index in [1.165, 1.54) is 0 Å². The third-order valence-corrected chi connectivity index (χ3v) is 4.83. The second-order valence-electron chi connectivity index (χ2n) is 6.44. The molecule has 5 nitrogen and oxygen atoms in total. The third-order valence-electron chi connectivity index (χ3n) is 4.83. The first-order valence-electron chi connectivity index (χ1n) is 7.95. The molecule has 3 atom stereocenters. The monoisotopic (exact) mass is 282 g/mol. The van der Waals surface area contributed by atoms with Crippen molar-refractivity contribution in [1.82, 2.24) is 10.2 Å². The van der Waals surface area contributed by atoms with Gasteiger partial charge in [0.05, 0.1) is 18.2 Å². The van der Waals surface area contributed by atoms with Gasteiger partial charge in [0.15, 0.2) is 0 Å². The van der Waals surface area contributed by atoms with Crippen LogP contribution in [-0.4, -0.2) is 61.4 Å². The Morgan fingerprint density at radius 2 is 2.15 bits per heavy atom. The predicted octanol–water partition coefficient (Wildman–Crippen LogP) is 0.925. The van der Waals surface area contributed by atoms with E-state index < -0.39 is 0 Å². The fourth-order valence-corrected chi connectivity index (χ4v) is 3.67. The van der Waals surface area contributed by atoms with Crippen molar-refractivity contribution in [2.45, 2.75) is 56.7 Å². The lowest BCUT2D eigenvalue weighted by Crippen LogP contribution is -2.53. The van der Waals surface area contributed by atoms with Crippen molar-refractivity contribution in [1.29, 1.82) is 0 Å². The number of rotatable bonds is 3. The molecular weight excluding hydrogens is 256 g/mol. The molecule has 3 unspecified atom stereocenters. The van der Waals surface area contributed by atoms with Crippen molar-refractivity contribution < 1.29 is 14.3 Å². The zero-order chi connectivity index (χ0) is 14.0. The van der Waals surface area contributed by atoms with Crippen LogP contribution < -0.4 is 5.32 Å². The minimum atomic E-state index is -0.0909. The van der Waals surface area contributed by atoms with Crippen LogP contribution in [0.5, 0.6) is 0 Å². The summed E-state index contributed by atoms with van der Waals surface area (Å²) in [5, 5.41) is 3.52. The summed E-state index contributed by atoms with van der Waals surface area (Å²) in [7, 11) is 0. The third kappa shape index (κ3) is 3.00. The van der Waals surface area contributed by atoms with Crippen molar-refractivity contribution in [3.05, 3.63) is 0 Å². The molecule has 5 heteroatoms. The molecule has 1 spiro atoms. The summed E-state index contributed by atoms with van der Waals surface area (Å²) in [4.78, 5) is 14.3. The number of ether oxygens (including phenoxy) is 2. The van der Waals surface area contributed by atoms with Crippen LogP contribution in [0.3, 0.4) is 0 Å². The standard InChI is InChI=1S/C15H26N2O3/c1-12(14(18)17-6-2-3-7-17)16-13-4-8-20-15(10-13)5-9-19-11-15/h12-13,16H,2-11H2,1H3. The topological polar surface area (TPSA) is 50.8 Å². The van der Waals surface area contributed by atoms with E-state index in [0.717, 1.165) is 58.4 Å². The highest BCUT2D eigenvalue weighted by atomic mass is 16.6. The second-order valence-corrected chi connectivity index (χ2v) is 6.44. The van der Waals surface area contributed by atoms with Crippen molar-refractivity contribution in [3.63, 3.8) is 0 Å². The summed E-state index contributed by atoms with van der Waals surface area (Å²) < 4.78 is 11.4. The van der Waals surface area contributed by atoms with Gasteiger partial charge in [0.25, 0.3) is 0 Å². The molecular formula is C15H26N2O3. The predicted molar refractivity (Wildman–Crippen MR) is 75.6 cm³/mol. The van der Waals surface area contributed by atoms with Gasteiger partial charge in [-0.2, -0.15) is 0 Å². The van der Waals surface area contributed by atoms with Gasteiger partial charge in [0.2, 0.25) is 5.91 Å². The lowest BCUT2D eigenvalue weighted by atomic mass is 9.89. The first kappa shape index (κ1) is 14.3.